The van der Waals surface area contributed by atoms with Crippen LogP contribution in [0.3, 0.4) is 0 Å². The van der Waals surface area contributed by atoms with E-state index >= 15 is 0 Å². The van der Waals surface area contributed by atoms with E-state index in [0.29, 0.717) is 5.69 Å². The Labute approximate surface area is 78.9 Å². The fourth-order valence-electron chi connectivity index (χ4n) is 1.02. The Morgan fingerprint density at radius 1 is 1.62 bits per heavy atom. The molecule has 0 aliphatic heterocycles. The lowest BCUT2D eigenvalue weighted by Gasteiger charge is -1.94. The van der Waals surface area contributed by atoms with E-state index in [1.807, 2.05) is 11.6 Å². The summed E-state index contributed by atoms with van der Waals surface area (Å²) in [5.74, 6) is 0. The Kier molecular flexibility index (Phi) is 1.94. The van der Waals surface area contributed by atoms with Gasteiger partial charge in [0.15, 0.2) is 6.29 Å². The van der Waals surface area contributed by atoms with Crippen LogP contribution in [0.15, 0.2) is 17.9 Å². The molecule has 2 aromatic heterocycles. The zero-order chi connectivity index (χ0) is 9.26. The van der Waals surface area contributed by atoms with Crippen LogP contribution in [0.2, 0.25) is 0 Å². The van der Waals surface area contributed by atoms with Crippen molar-refractivity contribution in [1.29, 1.82) is 0 Å². The van der Waals surface area contributed by atoms with Crippen LogP contribution in [0.4, 0.5) is 0 Å². The van der Waals surface area contributed by atoms with Gasteiger partial charge >= 0.3 is 0 Å². The van der Waals surface area contributed by atoms with Gasteiger partial charge in [-0.2, -0.15) is 0 Å². The van der Waals surface area contributed by atoms with Crippen molar-refractivity contribution in [3.8, 4) is 10.7 Å². The lowest BCUT2D eigenvalue weighted by molar-refractivity contribution is 0.111. The highest BCUT2D eigenvalue weighted by molar-refractivity contribution is 7.13. The van der Waals surface area contributed by atoms with Gasteiger partial charge in [0, 0.05) is 12.4 Å². The summed E-state index contributed by atoms with van der Waals surface area (Å²) in [6.45, 7) is 0. The van der Waals surface area contributed by atoms with Crippen LogP contribution >= 0.6 is 11.3 Å². The number of imidazole rings is 1. The maximum absolute atomic E-state index is 10.4. The largest absolute Gasteiger partial charge is 0.332 e. The second kappa shape index (κ2) is 3.10. The van der Waals surface area contributed by atoms with E-state index in [0.717, 1.165) is 17.0 Å². The molecule has 0 aliphatic carbocycles. The molecule has 0 saturated carbocycles. The maximum Gasteiger partial charge on any atom is 0.169 e. The summed E-state index contributed by atoms with van der Waals surface area (Å²) in [7, 11) is 1.89. The van der Waals surface area contributed by atoms with Gasteiger partial charge in [-0.15, -0.1) is 11.3 Å². The molecule has 0 atom stereocenters. The summed E-state index contributed by atoms with van der Waals surface area (Å²) in [6.07, 6.45) is 4.18. The quantitative estimate of drug-likeness (QED) is 0.676. The van der Waals surface area contributed by atoms with E-state index in [1.54, 1.807) is 17.9 Å². The highest BCUT2D eigenvalue weighted by atomic mass is 32.1. The van der Waals surface area contributed by atoms with E-state index in [-0.39, 0.29) is 0 Å². The number of carbonyl (C=O) groups excluding carboxylic acids is 1. The van der Waals surface area contributed by atoms with Crippen LogP contribution in [0.25, 0.3) is 10.7 Å². The monoisotopic (exact) mass is 193 g/mol. The molecule has 2 rings (SSSR count). The topological polar surface area (TPSA) is 47.8 Å². The molecule has 2 aromatic rings. The van der Waals surface area contributed by atoms with Crippen molar-refractivity contribution >= 4 is 17.6 Å². The van der Waals surface area contributed by atoms with Crippen molar-refractivity contribution in [3.05, 3.63) is 23.6 Å². The van der Waals surface area contributed by atoms with Crippen LogP contribution < -0.4 is 0 Å². The molecular formula is C8H7N3OS. The molecule has 0 bridgehead atoms. The Bertz CT molecular complexity index is 432. The molecule has 5 heteroatoms. The first-order chi connectivity index (χ1) is 6.31. The van der Waals surface area contributed by atoms with E-state index < -0.39 is 0 Å². The zero-order valence-electron chi connectivity index (χ0n) is 6.97. The molecule has 0 amide bonds. The van der Waals surface area contributed by atoms with Crippen LogP contribution in [-0.4, -0.2) is 20.8 Å². The molecule has 0 spiro atoms. The van der Waals surface area contributed by atoms with E-state index in [1.165, 1.54) is 11.3 Å². The number of carbonyl (C=O) groups is 1. The fraction of sp³-hybridized carbons (Fsp3) is 0.125. The first-order valence-electron chi connectivity index (χ1n) is 3.68. The van der Waals surface area contributed by atoms with Gasteiger partial charge in [0.05, 0.1) is 18.2 Å². The second-order valence-corrected chi connectivity index (χ2v) is 3.44. The normalized spacial score (nSPS) is 10.2. The van der Waals surface area contributed by atoms with Crippen molar-refractivity contribution in [2.24, 2.45) is 7.05 Å². The summed E-state index contributed by atoms with van der Waals surface area (Å²) in [4.78, 5) is 18.5. The summed E-state index contributed by atoms with van der Waals surface area (Å²) in [5.41, 5.74) is 1.40. The van der Waals surface area contributed by atoms with Crippen molar-refractivity contribution in [2.75, 3.05) is 0 Å². The van der Waals surface area contributed by atoms with E-state index in [4.69, 9.17) is 0 Å². The minimum atomic E-state index is 0.473. The average Bonchev–Trinajstić information content (AvgIpc) is 2.71. The van der Waals surface area contributed by atoms with Gasteiger partial charge in [-0.1, -0.05) is 0 Å². The maximum atomic E-state index is 10.4. The Morgan fingerprint density at radius 2 is 2.46 bits per heavy atom. The average molecular weight is 193 g/mol. The second-order valence-electron chi connectivity index (χ2n) is 2.59. The number of aldehydes is 1. The van der Waals surface area contributed by atoms with Crippen molar-refractivity contribution in [3.63, 3.8) is 0 Å². The number of hydrogen-bond acceptors (Lipinski definition) is 4. The Hall–Kier alpha value is -1.49. The number of thiazole rings is 1. The lowest BCUT2D eigenvalue weighted by atomic mass is 10.5. The fourth-order valence-corrected chi connectivity index (χ4v) is 1.84. The Balaban J connectivity index is 2.46. The van der Waals surface area contributed by atoms with Crippen LogP contribution in [0, 0.1) is 0 Å². The van der Waals surface area contributed by atoms with Gasteiger partial charge in [-0.25, -0.2) is 9.97 Å². The third-order valence-electron chi connectivity index (χ3n) is 1.68. The molecule has 2 heterocycles. The highest BCUT2D eigenvalue weighted by Crippen LogP contribution is 2.21. The van der Waals surface area contributed by atoms with Crippen LogP contribution in [0.1, 0.15) is 10.5 Å². The SMILES string of the molecule is Cn1cncc1-c1nc(C=O)cs1. The molecule has 0 N–H and O–H groups in total. The summed E-state index contributed by atoms with van der Waals surface area (Å²) >= 11 is 1.44. The molecule has 13 heavy (non-hydrogen) atoms. The van der Waals surface area contributed by atoms with Gasteiger partial charge in [0.25, 0.3) is 0 Å². The van der Waals surface area contributed by atoms with Crippen LogP contribution in [0.5, 0.6) is 0 Å². The number of aromatic nitrogens is 3. The minimum absolute atomic E-state index is 0.473. The predicted molar refractivity (Wildman–Crippen MR) is 49.7 cm³/mol. The molecule has 66 valence electrons. The summed E-state index contributed by atoms with van der Waals surface area (Å²) in [5, 5.41) is 2.55. The van der Waals surface area contributed by atoms with E-state index in [9.17, 15) is 4.79 Å². The molecule has 0 radical (unpaired) electrons. The first-order valence-corrected chi connectivity index (χ1v) is 4.56. The lowest BCUT2D eigenvalue weighted by Crippen LogP contribution is -1.88. The van der Waals surface area contributed by atoms with Gasteiger partial charge in [0.1, 0.15) is 10.7 Å². The molecular weight excluding hydrogens is 186 g/mol. The Morgan fingerprint density at radius 3 is 3.00 bits per heavy atom. The molecule has 4 nitrogen and oxygen atoms in total. The summed E-state index contributed by atoms with van der Waals surface area (Å²) < 4.78 is 1.87. The summed E-state index contributed by atoms with van der Waals surface area (Å²) in [6, 6.07) is 0. The molecule has 0 aromatic carbocycles. The third-order valence-corrected chi connectivity index (χ3v) is 2.56. The molecule has 0 unspecified atom stereocenters. The smallest absolute Gasteiger partial charge is 0.169 e. The first kappa shape index (κ1) is 8.12. The van der Waals surface area contributed by atoms with Gasteiger partial charge in [-0.3, -0.25) is 4.79 Å². The third kappa shape index (κ3) is 1.38. The zero-order valence-corrected chi connectivity index (χ0v) is 7.78. The number of rotatable bonds is 2. The van der Waals surface area contributed by atoms with Crippen LogP contribution in [-0.2, 0) is 7.05 Å². The van der Waals surface area contributed by atoms with Gasteiger partial charge in [-0.05, 0) is 0 Å². The minimum Gasteiger partial charge on any atom is -0.332 e. The number of aryl methyl sites for hydroxylation is 1. The van der Waals surface area contributed by atoms with Gasteiger partial charge < -0.3 is 4.57 Å². The van der Waals surface area contributed by atoms with Crippen molar-refractivity contribution in [1.82, 2.24) is 14.5 Å². The van der Waals surface area contributed by atoms with Gasteiger partial charge in [0.2, 0.25) is 0 Å². The van der Waals surface area contributed by atoms with E-state index in [2.05, 4.69) is 9.97 Å². The van der Waals surface area contributed by atoms with Crippen molar-refractivity contribution < 1.29 is 4.79 Å². The highest BCUT2D eigenvalue weighted by Gasteiger charge is 2.06. The predicted octanol–water partition coefficient (Wildman–Crippen LogP) is 1.36. The van der Waals surface area contributed by atoms with Crippen molar-refractivity contribution in [2.45, 2.75) is 0 Å². The molecule has 0 saturated heterocycles. The molecule has 0 aliphatic rings. The standard InChI is InChI=1S/C8H7N3OS/c1-11-5-9-2-7(11)8-10-6(3-12)4-13-8/h2-5H,1H3. The molecule has 0 fully saturated rings. The number of hydrogen-bond donors (Lipinski definition) is 0. The number of nitrogens with zero attached hydrogens (tertiary/aromatic N) is 3.